The minimum Gasteiger partial charge on any atom is -0.508 e. The first-order chi connectivity index (χ1) is 6.18. The zero-order valence-corrected chi connectivity index (χ0v) is 6.68. The maximum Gasteiger partial charge on any atom is 0.250 e. The Kier molecular flexibility index (Phi) is 2.86. The number of phenolic OH excluding ortho intramolecular Hbond substituents is 1. The van der Waals surface area contributed by atoms with Gasteiger partial charge in [0.1, 0.15) is 5.75 Å². The Morgan fingerprint density at radius 2 is 2.00 bits per heavy atom. The van der Waals surface area contributed by atoms with Crippen LogP contribution in [-0.2, 0) is 0 Å². The van der Waals surface area contributed by atoms with Crippen molar-refractivity contribution in [3.63, 3.8) is 0 Å². The van der Waals surface area contributed by atoms with Gasteiger partial charge in [-0.25, -0.2) is 0 Å². The monoisotopic (exact) mass is 180 g/mol. The minimum atomic E-state index is -0.562. The first-order valence-corrected chi connectivity index (χ1v) is 3.54. The standard InChI is InChI=1S/C8H8N2O3/c11-8-3-1-7(2-4-8)9-5-6-10(12)13/h1-6,9,11H. The van der Waals surface area contributed by atoms with Crippen molar-refractivity contribution in [1.82, 2.24) is 0 Å². The molecule has 0 aliphatic rings. The zero-order chi connectivity index (χ0) is 9.68. The molecule has 0 atom stereocenters. The topological polar surface area (TPSA) is 75.4 Å². The molecule has 0 bridgehead atoms. The van der Waals surface area contributed by atoms with Gasteiger partial charge in [0.2, 0.25) is 6.20 Å². The molecule has 1 aromatic carbocycles. The largest absolute Gasteiger partial charge is 0.508 e. The summed E-state index contributed by atoms with van der Waals surface area (Å²) in [4.78, 5) is 9.32. The molecule has 5 nitrogen and oxygen atoms in total. The summed E-state index contributed by atoms with van der Waals surface area (Å²) in [5, 5.41) is 21.5. The van der Waals surface area contributed by atoms with Crippen LogP contribution in [0.1, 0.15) is 0 Å². The van der Waals surface area contributed by atoms with Crippen LogP contribution in [0.4, 0.5) is 5.69 Å². The summed E-state index contributed by atoms with van der Waals surface area (Å²) in [6.45, 7) is 0. The van der Waals surface area contributed by atoms with E-state index in [1.54, 1.807) is 12.1 Å². The van der Waals surface area contributed by atoms with Crippen LogP contribution < -0.4 is 5.32 Å². The number of nitrogens with one attached hydrogen (secondary N) is 1. The molecule has 2 N–H and O–H groups in total. The van der Waals surface area contributed by atoms with Crippen molar-refractivity contribution < 1.29 is 10.0 Å². The summed E-state index contributed by atoms with van der Waals surface area (Å²) < 4.78 is 0. The molecule has 0 amide bonds. The highest BCUT2D eigenvalue weighted by Gasteiger charge is 1.89. The van der Waals surface area contributed by atoms with E-state index in [2.05, 4.69) is 5.32 Å². The normalized spacial score (nSPS) is 10.2. The molecule has 1 rings (SSSR count). The average Bonchev–Trinajstić information content (AvgIpc) is 2.08. The first-order valence-electron chi connectivity index (χ1n) is 3.54. The van der Waals surface area contributed by atoms with Crippen LogP contribution in [-0.4, -0.2) is 10.0 Å². The molecule has 68 valence electrons. The Labute approximate surface area is 74.5 Å². The van der Waals surface area contributed by atoms with Gasteiger partial charge in [-0.1, -0.05) is 0 Å². The van der Waals surface area contributed by atoms with Crippen LogP contribution in [0.2, 0.25) is 0 Å². The minimum absolute atomic E-state index is 0.156. The number of nitro groups is 1. The molecular formula is C8H8N2O3. The quantitative estimate of drug-likeness (QED) is 0.420. The van der Waals surface area contributed by atoms with Crippen LogP contribution in [0, 0.1) is 10.1 Å². The van der Waals surface area contributed by atoms with E-state index in [1.807, 2.05) is 0 Å². The summed E-state index contributed by atoms with van der Waals surface area (Å²) in [7, 11) is 0. The Balaban J connectivity index is 2.55. The van der Waals surface area contributed by atoms with Crippen molar-refractivity contribution >= 4 is 5.69 Å². The fourth-order valence-corrected chi connectivity index (χ4v) is 0.752. The second-order valence-electron chi connectivity index (χ2n) is 2.29. The summed E-state index contributed by atoms with van der Waals surface area (Å²) in [6, 6.07) is 6.20. The molecule has 0 radical (unpaired) electrons. The van der Waals surface area contributed by atoms with Gasteiger partial charge >= 0.3 is 0 Å². The number of hydrogen-bond acceptors (Lipinski definition) is 4. The van der Waals surface area contributed by atoms with E-state index in [0.29, 0.717) is 5.69 Å². The molecule has 0 aliphatic carbocycles. The van der Waals surface area contributed by atoms with Crippen molar-refractivity contribution in [2.75, 3.05) is 5.32 Å². The predicted octanol–water partition coefficient (Wildman–Crippen LogP) is 1.55. The molecule has 0 heterocycles. The van der Waals surface area contributed by atoms with Crippen molar-refractivity contribution in [3.8, 4) is 5.75 Å². The number of rotatable bonds is 3. The lowest BCUT2D eigenvalue weighted by Crippen LogP contribution is -1.90. The third-order valence-electron chi connectivity index (χ3n) is 1.31. The number of anilines is 1. The molecule has 5 heteroatoms. The van der Waals surface area contributed by atoms with Crippen LogP contribution in [0.3, 0.4) is 0 Å². The SMILES string of the molecule is O=[N+]([O-])C=CNc1ccc(O)cc1. The van der Waals surface area contributed by atoms with Gasteiger partial charge in [-0.05, 0) is 24.3 Å². The second kappa shape index (κ2) is 4.10. The molecule has 0 saturated heterocycles. The Hall–Kier alpha value is -2.04. The maximum atomic E-state index is 9.88. The van der Waals surface area contributed by atoms with E-state index in [9.17, 15) is 10.1 Å². The fourth-order valence-electron chi connectivity index (χ4n) is 0.752. The van der Waals surface area contributed by atoms with E-state index in [-0.39, 0.29) is 5.75 Å². The van der Waals surface area contributed by atoms with Crippen LogP contribution in [0.25, 0.3) is 0 Å². The molecule has 0 fully saturated rings. The number of benzene rings is 1. The van der Waals surface area contributed by atoms with E-state index in [1.165, 1.54) is 18.3 Å². The average molecular weight is 180 g/mol. The van der Waals surface area contributed by atoms with E-state index >= 15 is 0 Å². The Bertz CT molecular complexity index is 319. The van der Waals surface area contributed by atoms with Gasteiger partial charge in [0.05, 0.1) is 11.1 Å². The highest BCUT2D eigenvalue weighted by Crippen LogP contribution is 2.13. The summed E-state index contributed by atoms with van der Waals surface area (Å²) >= 11 is 0. The highest BCUT2D eigenvalue weighted by atomic mass is 16.6. The number of phenols is 1. The third kappa shape index (κ3) is 3.24. The van der Waals surface area contributed by atoms with Gasteiger partial charge in [0, 0.05) is 5.69 Å². The Morgan fingerprint density at radius 1 is 1.38 bits per heavy atom. The fraction of sp³-hybridized carbons (Fsp3) is 0. The van der Waals surface area contributed by atoms with E-state index in [4.69, 9.17) is 5.11 Å². The maximum absolute atomic E-state index is 9.88. The van der Waals surface area contributed by atoms with Gasteiger partial charge in [0.15, 0.2) is 0 Å². The molecule has 0 saturated carbocycles. The van der Waals surface area contributed by atoms with Gasteiger partial charge < -0.3 is 10.4 Å². The smallest absolute Gasteiger partial charge is 0.250 e. The van der Waals surface area contributed by atoms with Crippen LogP contribution >= 0.6 is 0 Å². The van der Waals surface area contributed by atoms with Gasteiger partial charge in [-0.3, -0.25) is 10.1 Å². The molecule has 1 aromatic rings. The number of hydrogen-bond donors (Lipinski definition) is 2. The van der Waals surface area contributed by atoms with Crippen LogP contribution in [0.15, 0.2) is 36.7 Å². The summed E-state index contributed by atoms with van der Waals surface area (Å²) in [5.74, 6) is 0.156. The van der Waals surface area contributed by atoms with Gasteiger partial charge in [-0.15, -0.1) is 0 Å². The highest BCUT2D eigenvalue weighted by molar-refractivity contribution is 5.47. The van der Waals surface area contributed by atoms with Gasteiger partial charge in [-0.2, -0.15) is 0 Å². The molecular weight excluding hydrogens is 172 g/mol. The van der Waals surface area contributed by atoms with Crippen molar-refractivity contribution in [1.29, 1.82) is 0 Å². The van der Waals surface area contributed by atoms with Gasteiger partial charge in [0.25, 0.3) is 0 Å². The molecule has 0 spiro atoms. The number of aromatic hydroxyl groups is 1. The third-order valence-corrected chi connectivity index (χ3v) is 1.31. The van der Waals surface area contributed by atoms with E-state index < -0.39 is 4.92 Å². The van der Waals surface area contributed by atoms with Crippen molar-refractivity contribution in [2.24, 2.45) is 0 Å². The Morgan fingerprint density at radius 3 is 2.54 bits per heavy atom. The molecule has 0 aromatic heterocycles. The molecule has 0 unspecified atom stereocenters. The van der Waals surface area contributed by atoms with E-state index in [0.717, 1.165) is 6.20 Å². The summed E-state index contributed by atoms with van der Waals surface area (Å²) in [5.41, 5.74) is 0.677. The van der Waals surface area contributed by atoms with Crippen molar-refractivity contribution in [2.45, 2.75) is 0 Å². The molecule has 13 heavy (non-hydrogen) atoms. The zero-order valence-electron chi connectivity index (χ0n) is 6.68. The lowest BCUT2D eigenvalue weighted by Gasteiger charge is -1.98. The van der Waals surface area contributed by atoms with Crippen LogP contribution in [0.5, 0.6) is 5.75 Å². The molecule has 0 aliphatic heterocycles. The van der Waals surface area contributed by atoms with Crippen molar-refractivity contribution in [3.05, 3.63) is 46.8 Å². The summed E-state index contributed by atoms with van der Waals surface area (Å²) in [6.07, 6.45) is 2.01. The number of nitrogens with zero attached hydrogens (tertiary/aromatic N) is 1. The lowest BCUT2D eigenvalue weighted by atomic mass is 10.3. The lowest BCUT2D eigenvalue weighted by molar-refractivity contribution is -0.402. The predicted molar refractivity (Wildman–Crippen MR) is 47.9 cm³/mol. The first kappa shape index (κ1) is 9.05. The second-order valence-corrected chi connectivity index (χ2v) is 2.29.